The molecule has 1 unspecified atom stereocenters. The summed E-state index contributed by atoms with van der Waals surface area (Å²) in [5.41, 5.74) is 8.26. The van der Waals surface area contributed by atoms with E-state index in [9.17, 15) is 4.79 Å². The number of hydrogen-bond donors (Lipinski definition) is 1. The monoisotopic (exact) mass is 296 g/mol. The van der Waals surface area contributed by atoms with E-state index in [1.807, 2.05) is 4.90 Å². The van der Waals surface area contributed by atoms with Gasteiger partial charge in [0.15, 0.2) is 0 Å². The van der Waals surface area contributed by atoms with Gasteiger partial charge in [0.2, 0.25) is 5.91 Å². The lowest BCUT2D eigenvalue weighted by Gasteiger charge is -2.35. The first-order chi connectivity index (χ1) is 9.20. The van der Waals surface area contributed by atoms with Crippen molar-refractivity contribution in [1.82, 2.24) is 4.90 Å². The average Bonchev–Trinajstić information content (AvgIpc) is 2.46. The summed E-state index contributed by atoms with van der Waals surface area (Å²) >= 11 is 0. The minimum atomic E-state index is 0. The maximum Gasteiger partial charge on any atom is 0.223 e. The van der Waals surface area contributed by atoms with Crippen LogP contribution in [0.1, 0.15) is 36.8 Å². The van der Waals surface area contributed by atoms with Gasteiger partial charge in [-0.3, -0.25) is 4.79 Å². The van der Waals surface area contributed by atoms with E-state index in [-0.39, 0.29) is 24.4 Å². The summed E-state index contributed by atoms with van der Waals surface area (Å²) in [4.78, 5) is 14.3. The number of likely N-dealkylation sites (tertiary alicyclic amines) is 1. The molecule has 1 fully saturated rings. The van der Waals surface area contributed by atoms with E-state index in [1.54, 1.807) is 0 Å². The van der Waals surface area contributed by atoms with Crippen LogP contribution in [-0.4, -0.2) is 29.9 Å². The van der Waals surface area contributed by atoms with Crippen LogP contribution in [0.3, 0.4) is 0 Å². The summed E-state index contributed by atoms with van der Waals surface area (Å²) in [5, 5.41) is 0. The molecular formula is C16H25ClN2O. The maximum atomic E-state index is 12.3. The lowest BCUT2D eigenvalue weighted by molar-refractivity contribution is -0.134. The number of amides is 1. The molecular weight excluding hydrogens is 272 g/mol. The molecule has 1 amide bonds. The normalized spacial score (nSPS) is 18.5. The Morgan fingerprint density at radius 2 is 2.00 bits per heavy atom. The molecule has 1 aromatic rings. The van der Waals surface area contributed by atoms with Crippen molar-refractivity contribution < 1.29 is 4.79 Å². The molecule has 1 aromatic carbocycles. The van der Waals surface area contributed by atoms with Gasteiger partial charge >= 0.3 is 0 Å². The fourth-order valence-electron chi connectivity index (χ4n) is 2.72. The predicted molar refractivity (Wildman–Crippen MR) is 85.2 cm³/mol. The molecule has 112 valence electrons. The van der Waals surface area contributed by atoms with Gasteiger partial charge in [-0.05, 0) is 38.2 Å². The summed E-state index contributed by atoms with van der Waals surface area (Å²) in [6.07, 6.45) is 4.80. The first-order valence-electron chi connectivity index (χ1n) is 7.26. The molecule has 1 heterocycles. The molecule has 1 aliphatic heterocycles. The Morgan fingerprint density at radius 1 is 1.30 bits per heavy atom. The largest absolute Gasteiger partial charge is 0.338 e. The van der Waals surface area contributed by atoms with Crippen molar-refractivity contribution in [2.24, 2.45) is 5.73 Å². The van der Waals surface area contributed by atoms with Gasteiger partial charge in [0.05, 0.1) is 0 Å². The fourth-order valence-corrected chi connectivity index (χ4v) is 2.72. The maximum absolute atomic E-state index is 12.3. The van der Waals surface area contributed by atoms with E-state index < -0.39 is 0 Å². The van der Waals surface area contributed by atoms with Crippen molar-refractivity contribution in [3.63, 3.8) is 0 Å². The number of piperidine rings is 1. The van der Waals surface area contributed by atoms with E-state index in [1.165, 1.54) is 17.5 Å². The molecule has 1 atom stereocenters. The summed E-state index contributed by atoms with van der Waals surface area (Å²) in [6.45, 7) is 3.55. The molecule has 0 saturated carbocycles. The Morgan fingerprint density at radius 3 is 2.65 bits per heavy atom. The molecule has 4 heteroatoms. The number of benzene rings is 1. The SMILES string of the molecule is Cc1ccc(CCC(=O)N2CCCCC2CN)cc1.Cl. The second kappa shape index (κ2) is 8.28. The summed E-state index contributed by atoms with van der Waals surface area (Å²) < 4.78 is 0. The van der Waals surface area contributed by atoms with E-state index >= 15 is 0 Å². The van der Waals surface area contributed by atoms with E-state index in [2.05, 4.69) is 31.2 Å². The summed E-state index contributed by atoms with van der Waals surface area (Å²) in [7, 11) is 0. The number of rotatable bonds is 4. The third kappa shape index (κ3) is 4.50. The highest BCUT2D eigenvalue weighted by Gasteiger charge is 2.24. The van der Waals surface area contributed by atoms with Crippen molar-refractivity contribution in [1.29, 1.82) is 0 Å². The van der Waals surface area contributed by atoms with Gasteiger partial charge in [0.1, 0.15) is 0 Å². The van der Waals surface area contributed by atoms with Gasteiger partial charge in [-0.2, -0.15) is 0 Å². The van der Waals surface area contributed by atoms with Crippen LogP contribution in [-0.2, 0) is 11.2 Å². The van der Waals surface area contributed by atoms with E-state index in [0.717, 1.165) is 25.8 Å². The molecule has 0 radical (unpaired) electrons. The number of aryl methyl sites for hydroxylation is 2. The third-order valence-corrected chi connectivity index (χ3v) is 3.97. The lowest BCUT2D eigenvalue weighted by atomic mass is 10.0. The highest BCUT2D eigenvalue weighted by Crippen LogP contribution is 2.18. The minimum Gasteiger partial charge on any atom is -0.338 e. The second-order valence-electron chi connectivity index (χ2n) is 5.46. The Labute approximate surface area is 127 Å². The zero-order valence-corrected chi connectivity index (χ0v) is 13.0. The summed E-state index contributed by atoms with van der Waals surface area (Å²) in [6, 6.07) is 8.69. The van der Waals surface area contributed by atoms with Crippen LogP contribution in [0.15, 0.2) is 24.3 Å². The third-order valence-electron chi connectivity index (χ3n) is 3.97. The van der Waals surface area contributed by atoms with Crippen LogP contribution >= 0.6 is 12.4 Å². The van der Waals surface area contributed by atoms with Crippen molar-refractivity contribution in [2.75, 3.05) is 13.1 Å². The molecule has 2 rings (SSSR count). The average molecular weight is 297 g/mol. The molecule has 3 nitrogen and oxygen atoms in total. The van der Waals surface area contributed by atoms with Gasteiger partial charge in [0.25, 0.3) is 0 Å². The Kier molecular flexibility index (Phi) is 7.03. The van der Waals surface area contributed by atoms with E-state index in [0.29, 0.717) is 13.0 Å². The Balaban J connectivity index is 0.00000200. The molecule has 1 aliphatic rings. The van der Waals surface area contributed by atoms with Gasteiger partial charge in [-0.25, -0.2) is 0 Å². The quantitative estimate of drug-likeness (QED) is 0.928. The summed E-state index contributed by atoms with van der Waals surface area (Å²) in [5.74, 6) is 0.260. The topological polar surface area (TPSA) is 46.3 Å². The number of nitrogens with two attached hydrogens (primary N) is 1. The second-order valence-corrected chi connectivity index (χ2v) is 5.46. The number of carbonyl (C=O) groups excluding carboxylic acids is 1. The van der Waals surface area contributed by atoms with Crippen LogP contribution in [0.4, 0.5) is 0 Å². The van der Waals surface area contributed by atoms with Crippen LogP contribution in [0.2, 0.25) is 0 Å². The lowest BCUT2D eigenvalue weighted by Crippen LogP contribution is -2.47. The molecule has 1 saturated heterocycles. The number of nitrogens with zero attached hydrogens (tertiary/aromatic N) is 1. The van der Waals surface area contributed by atoms with Gasteiger partial charge in [0, 0.05) is 25.6 Å². The van der Waals surface area contributed by atoms with Gasteiger partial charge < -0.3 is 10.6 Å². The first kappa shape index (κ1) is 17.0. The van der Waals surface area contributed by atoms with Crippen LogP contribution in [0.5, 0.6) is 0 Å². The molecule has 20 heavy (non-hydrogen) atoms. The van der Waals surface area contributed by atoms with Gasteiger partial charge in [-0.1, -0.05) is 29.8 Å². The van der Waals surface area contributed by atoms with Crippen LogP contribution in [0, 0.1) is 6.92 Å². The zero-order chi connectivity index (χ0) is 13.7. The highest BCUT2D eigenvalue weighted by molar-refractivity contribution is 5.85. The fraction of sp³-hybridized carbons (Fsp3) is 0.562. The van der Waals surface area contributed by atoms with Crippen LogP contribution in [0.25, 0.3) is 0 Å². The van der Waals surface area contributed by atoms with Crippen molar-refractivity contribution >= 4 is 18.3 Å². The van der Waals surface area contributed by atoms with E-state index in [4.69, 9.17) is 5.73 Å². The minimum absolute atomic E-state index is 0. The molecule has 0 aliphatic carbocycles. The number of halogens is 1. The first-order valence-corrected chi connectivity index (χ1v) is 7.26. The standard InChI is InChI=1S/C16H24N2O.ClH/c1-13-5-7-14(8-6-13)9-10-16(19)18-11-3-2-4-15(18)12-17;/h5-8,15H,2-4,9-12,17H2,1H3;1H. The Hall–Kier alpha value is -1.06. The Bertz CT molecular complexity index is 419. The smallest absolute Gasteiger partial charge is 0.223 e. The van der Waals surface area contributed by atoms with Crippen LogP contribution < -0.4 is 5.73 Å². The molecule has 0 spiro atoms. The molecule has 2 N–H and O–H groups in total. The van der Waals surface area contributed by atoms with Crippen molar-refractivity contribution in [3.05, 3.63) is 35.4 Å². The highest BCUT2D eigenvalue weighted by atomic mass is 35.5. The zero-order valence-electron chi connectivity index (χ0n) is 12.2. The number of hydrogen-bond acceptors (Lipinski definition) is 2. The molecule has 0 bridgehead atoms. The van der Waals surface area contributed by atoms with Gasteiger partial charge in [-0.15, -0.1) is 12.4 Å². The van der Waals surface area contributed by atoms with Crippen molar-refractivity contribution in [3.8, 4) is 0 Å². The van der Waals surface area contributed by atoms with Crippen molar-refractivity contribution in [2.45, 2.75) is 45.1 Å². The number of carbonyl (C=O) groups is 1. The molecule has 0 aromatic heterocycles. The predicted octanol–water partition coefficient (Wildman–Crippen LogP) is 2.69.